The van der Waals surface area contributed by atoms with E-state index >= 15 is 0 Å². The van der Waals surface area contributed by atoms with E-state index in [0.717, 1.165) is 0 Å². The van der Waals surface area contributed by atoms with Gasteiger partial charge in [-0.1, -0.05) is 0 Å². The Balaban J connectivity index is 1.51. The van der Waals surface area contributed by atoms with Crippen molar-refractivity contribution in [2.45, 2.75) is 25.7 Å². The van der Waals surface area contributed by atoms with Crippen molar-refractivity contribution in [3.63, 3.8) is 0 Å². The zero-order valence-electron chi connectivity index (χ0n) is 17.3. The molecule has 2 aromatic rings. The van der Waals surface area contributed by atoms with Gasteiger partial charge < -0.3 is 24.1 Å². The zero-order valence-corrected chi connectivity index (χ0v) is 17.3. The SMILES string of the molecule is COC(=O)Oc1ccc(C(=O)Oc2ccc(OC(=O)C3CCC(C(=O)O)CC3)cc2)cc1. The van der Waals surface area contributed by atoms with Crippen LogP contribution in [-0.4, -0.2) is 36.3 Å². The second-order valence-electron chi connectivity index (χ2n) is 7.25. The van der Waals surface area contributed by atoms with Crippen molar-refractivity contribution in [1.82, 2.24) is 0 Å². The van der Waals surface area contributed by atoms with Gasteiger partial charge >= 0.3 is 24.1 Å². The van der Waals surface area contributed by atoms with E-state index in [0.29, 0.717) is 31.4 Å². The molecule has 1 saturated carbocycles. The Bertz CT molecular complexity index is 972. The molecule has 1 N–H and O–H groups in total. The monoisotopic (exact) mass is 442 g/mol. The van der Waals surface area contributed by atoms with E-state index in [1.54, 1.807) is 0 Å². The zero-order chi connectivity index (χ0) is 23.1. The molecule has 0 amide bonds. The molecule has 0 saturated heterocycles. The largest absolute Gasteiger partial charge is 0.513 e. The predicted octanol–water partition coefficient (Wildman–Crippen LogP) is 3.85. The predicted molar refractivity (Wildman–Crippen MR) is 110 cm³/mol. The van der Waals surface area contributed by atoms with E-state index in [2.05, 4.69) is 4.74 Å². The van der Waals surface area contributed by atoms with Gasteiger partial charge in [-0.25, -0.2) is 9.59 Å². The first kappa shape index (κ1) is 22.8. The molecule has 1 fully saturated rings. The van der Waals surface area contributed by atoms with Gasteiger partial charge in [0.15, 0.2) is 0 Å². The van der Waals surface area contributed by atoms with Crippen LogP contribution < -0.4 is 14.2 Å². The second kappa shape index (κ2) is 10.4. The normalized spacial score (nSPS) is 17.7. The average molecular weight is 442 g/mol. The molecule has 0 spiro atoms. The van der Waals surface area contributed by atoms with Gasteiger partial charge in [-0.05, 0) is 74.2 Å². The van der Waals surface area contributed by atoms with Gasteiger partial charge in [0.2, 0.25) is 0 Å². The molecule has 0 aliphatic heterocycles. The first-order valence-electron chi connectivity index (χ1n) is 9.98. The number of aliphatic carboxylic acids is 1. The van der Waals surface area contributed by atoms with Crippen LogP contribution in [0, 0.1) is 11.8 Å². The third kappa shape index (κ3) is 6.07. The minimum Gasteiger partial charge on any atom is -0.481 e. The molecule has 9 heteroatoms. The Morgan fingerprint density at radius 3 is 1.72 bits per heavy atom. The molecule has 0 atom stereocenters. The molecule has 32 heavy (non-hydrogen) atoms. The van der Waals surface area contributed by atoms with Gasteiger partial charge in [0.25, 0.3) is 0 Å². The van der Waals surface area contributed by atoms with Gasteiger partial charge in [-0.2, -0.15) is 0 Å². The van der Waals surface area contributed by atoms with Gasteiger partial charge in [-0.15, -0.1) is 0 Å². The van der Waals surface area contributed by atoms with E-state index in [4.69, 9.17) is 19.3 Å². The summed E-state index contributed by atoms with van der Waals surface area (Å²) in [7, 11) is 1.19. The lowest BCUT2D eigenvalue weighted by Gasteiger charge is -2.24. The second-order valence-corrected chi connectivity index (χ2v) is 7.25. The lowest BCUT2D eigenvalue weighted by atomic mass is 9.82. The van der Waals surface area contributed by atoms with E-state index < -0.39 is 30.0 Å². The molecule has 0 radical (unpaired) electrons. The van der Waals surface area contributed by atoms with Crippen molar-refractivity contribution in [2.75, 3.05) is 7.11 Å². The average Bonchev–Trinajstić information content (AvgIpc) is 2.80. The van der Waals surface area contributed by atoms with E-state index in [1.165, 1.54) is 55.6 Å². The van der Waals surface area contributed by atoms with Gasteiger partial charge in [-0.3, -0.25) is 9.59 Å². The summed E-state index contributed by atoms with van der Waals surface area (Å²) in [6, 6.07) is 11.8. The van der Waals surface area contributed by atoms with Crippen molar-refractivity contribution in [3.05, 3.63) is 54.1 Å². The van der Waals surface area contributed by atoms with Crippen LogP contribution in [0.3, 0.4) is 0 Å². The molecule has 1 aliphatic rings. The molecule has 1 aliphatic carbocycles. The summed E-state index contributed by atoms with van der Waals surface area (Å²) in [5, 5.41) is 9.04. The van der Waals surface area contributed by atoms with Crippen LogP contribution in [0.4, 0.5) is 4.79 Å². The van der Waals surface area contributed by atoms with Crippen LogP contribution in [0.5, 0.6) is 17.2 Å². The summed E-state index contributed by atoms with van der Waals surface area (Å²) in [6.07, 6.45) is 1.01. The number of hydrogen-bond donors (Lipinski definition) is 1. The van der Waals surface area contributed by atoms with Crippen LogP contribution in [-0.2, 0) is 14.3 Å². The van der Waals surface area contributed by atoms with Crippen molar-refractivity contribution in [2.24, 2.45) is 11.8 Å². The number of carbonyl (C=O) groups is 4. The summed E-state index contributed by atoms with van der Waals surface area (Å²) in [6.45, 7) is 0. The Morgan fingerprint density at radius 2 is 1.19 bits per heavy atom. The molecule has 9 nitrogen and oxygen atoms in total. The standard InChI is InChI=1S/C23H22O9/c1-29-23(28)32-19-8-6-16(7-9-19)22(27)31-18-12-10-17(11-13-18)30-21(26)15-4-2-14(3-5-15)20(24)25/h6-15H,2-5H2,1H3,(H,24,25). The Hall–Kier alpha value is -3.88. The highest BCUT2D eigenvalue weighted by Gasteiger charge is 2.30. The fourth-order valence-corrected chi connectivity index (χ4v) is 3.31. The first-order chi connectivity index (χ1) is 15.4. The fraction of sp³-hybridized carbons (Fsp3) is 0.304. The number of carboxylic acids is 1. The van der Waals surface area contributed by atoms with E-state index in [-0.39, 0.29) is 23.0 Å². The lowest BCUT2D eigenvalue weighted by molar-refractivity contribution is -0.146. The highest BCUT2D eigenvalue weighted by molar-refractivity contribution is 5.91. The van der Waals surface area contributed by atoms with Crippen LogP contribution in [0.15, 0.2) is 48.5 Å². The smallest absolute Gasteiger partial charge is 0.481 e. The van der Waals surface area contributed by atoms with Gasteiger partial charge in [0.1, 0.15) is 17.2 Å². The first-order valence-corrected chi connectivity index (χ1v) is 9.98. The molecule has 168 valence electrons. The molecule has 0 aromatic heterocycles. The van der Waals surface area contributed by atoms with Crippen LogP contribution >= 0.6 is 0 Å². The van der Waals surface area contributed by atoms with Crippen molar-refractivity contribution in [3.8, 4) is 17.2 Å². The fourth-order valence-electron chi connectivity index (χ4n) is 3.31. The molecule has 2 aromatic carbocycles. The van der Waals surface area contributed by atoms with Gasteiger partial charge in [0.05, 0.1) is 24.5 Å². The Morgan fingerprint density at radius 1 is 0.719 bits per heavy atom. The molecule has 0 heterocycles. The minimum atomic E-state index is -0.867. The maximum Gasteiger partial charge on any atom is 0.513 e. The maximum absolute atomic E-state index is 12.3. The number of ether oxygens (including phenoxy) is 4. The maximum atomic E-state index is 12.3. The number of methoxy groups -OCH3 is 1. The third-order valence-electron chi connectivity index (χ3n) is 5.12. The summed E-state index contributed by atoms with van der Waals surface area (Å²) in [5.74, 6) is -1.78. The van der Waals surface area contributed by atoms with E-state index in [1.807, 2.05) is 0 Å². The number of rotatable bonds is 6. The number of carbonyl (C=O) groups excluding carboxylic acids is 3. The Labute approximate surface area is 183 Å². The molecule has 3 rings (SSSR count). The molecule has 0 bridgehead atoms. The number of carboxylic acid groups (broad SMARTS) is 1. The van der Waals surface area contributed by atoms with Crippen molar-refractivity contribution in [1.29, 1.82) is 0 Å². The summed E-state index contributed by atoms with van der Waals surface area (Å²) < 4.78 is 19.9. The molecular formula is C23H22O9. The Kier molecular flexibility index (Phi) is 7.43. The lowest BCUT2D eigenvalue weighted by Crippen LogP contribution is -2.28. The van der Waals surface area contributed by atoms with Gasteiger partial charge in [0, 0.05) is 0 Å². The number of esters is 2. The van der Waals surface area contributed by atoms with Crippen LogP contribution in [0.1, 0.15) is 36.0 Å². The molecular weight excluding hydrogens is 420 g/mol. The number of hydrogen-bond acceptors (Lipinski definition) is 8. The van der Waals surface area contributed by atoms with Crippen molar-refractivity contribution < 1.29 is 43.2 Å². The van der Waals surface area contributed by atoms with Crippen molar-refractivity contribution >= 4 is 24.1 Å². The third-order valence-corrected chi connectivity index (χ3v) is 5.12. The summed E-state index contributed by atoms with van der Waals surface area (Å²) >= 11 is 0. The quantitative estimate of drug-likeness (QED) is 0.403. The summed E-state index contributed by atoms with van der Waals surface area (Å²) in [5.41, 5.74) is 0.245. The topological polar surface area (TPSA) is 125 Å². The highest BCUT2D eigenvalue weighted by atomic mass is 16.7. The highest BCUT2D eigenvalue weighted by Crippen LogP contribution is 2.30. The molecule has 0 unspecified atom stereocenters. The minimum absolute atomic E-state index is 0.219. The van der Waals surface area contributed by atoms with E-state index in [9.17, 15) is 19.2 Å². The van der Waals surface area contributed by atoms with Crippen LogP contribution in [0.25, 0.3) is 0 Å². The van der Waals surface area contributed by atoms with Crippen LogP contribution in [0.2, 0.25) is 0 Å². The number of benzene rings is 2. The summed E-state index contributed by atoms with van der Waals surface area (Å²) in [4.78, 5) is 46.7.